The molecule has 0 bridgehead atoms. The number of hydrogen-bond donors (Lipinski definition) is 1. The van der Waals surface area contributed by atoms with E-state index in [0.29, 0.717) is 0 Å². The monoisotopic (exact) mass is 415 g/mol. The molecule has 156 valence electrons. The van der Waals surface area contributed by atoms with Crippen LogP contribution in [0.4, 0.5) is 0 Å². The summed E-state index contributed by atoms with van der Waals surface area (Å²) in [5, 5.41) is 9.05. The largest absolute Gasteiger partial charge is 0.494 e. The Bertz CT molecular complexity index is 753. The first-order valence-corrected chi connectivity index (χ1v) is 10.1. The minimum atomic E-state index is -0.655. The van der Waals surface area contributed by atoms with Crippen LogP contribution in [0.5, 0.6) is 5.75 Å². The van der Waals surface area contributed by atoms with E-state index in [9.17, 15) is 4.79 Å². The van der Waals surface area contributed by atoms with E-state index in [-0.39, 0.29) is 18.3 Å². The summed E-state index contributed by atoms with van der Waals surface area (Å²) < 4.78 is 5.83. The van der Waals surface area contributed by atoms with E-state index in [1.807, 2.05) is 18.2 Å². The van der Waals surface area contributed by atoms with Crippen molar-refractivity contribution in [1.29, 1.82) is 0 Å². The summed E-state index contributed by atoms with van der Waals surface area (Å²) in [6.07, 6.45) is 7.80. The Balaban J connectivity index is 0.00000300. The molecule has 1 aliphatic heterocycles. The van der Waals surface area contributed by atoms with Gasteiger partial charge in [-0.05, 0) is 62.0 Å². The average Bonchev–Trinajstić information content (AvgIpc) is 2.73. The van der Waals surface area contributed by atoms with Crippen molar-refractivity contribution in [1.82, 2.24) is 4.90 Å². The number of aliphatic carboxylic acids is 1. The maximum absolute atomic E-state index is 11.0. The standard InChI is InChI=1S/C24H29NO3.ClH/c26-24(27)22-14-17-25(18-15-22)16-4-8-21-10-12-23(13-11-21)28-19-5-9-20-6-2-1-3-7-20;/h1-4,6-8,10-13,22H,5,9,14-19H2,(H,26,27);1H. The molecule has 2 aromatic carbocycles. The molecular formula is C24H30ClNO3. The number of piperidine rings is 1. The Labute approximate surface area is 179 Å². The molecule has 29 heavy (non-hydrogen) atoms. The Hall–Kier alpha value is -2.30. The van der Waals surface area contributed by atoms with Gasteiger partial charge in [0, 0.05) is 6.54 Å². The van der Waals surface area contributed by atoms with Gasteiger partial charge in [0.15, 0.2) is 0 Å². The summed E-state index contributed by atoms with van der Waals surface area (Å²) in [7, 11) is 0. The van der Waals surface area contributed by atoms with Crippen molar-refractivity contribution in [2.45, 2.75) is 25.7 Å². The predicted molar refractivity (Wildman–Crippen MR) is 120 cm³/mol. The van der Waals surface area contributed by atoms with Gasteiger partial charge in [-0.3, -0.25) is 9.69 Å². The zero-order valence-electron chi connectivity index (χ0n) is 16.7. The van der Waals surface area contributed by atoms with Gasteiger partial charge in [-0.2, -0.15) is 0 Å². The summed E-state index contributed by atoms with van der Waals surface area (Å²) in [5.74, 6) is 0.0824. The fourth-order valence-corrected chi connectivity index (χ4v) is 3.49. The second kappa shape index (κ2) is 12.3. The average molecular weight is 416 g/mol. The summed E-state index contributed by atoms with van der Waals surface area (Å²) in [5.41, 5.74) is 2.50. The van der Waals surface area contributed by atoms with Gasteiger partial charge >= 0.3 is 5.97 Å². The molecule has 0 amide bonds. The van der Waals surface area contributed by atoms with Gasteiger partial charge in [0.05, 0.1) is 12.5 Å². The van der Waals surface area contributed by atoms with Gasteiger partial charge in [-0.1, -0.05) is 54.6 Å². The van der Waals surface area contributed by atoms with Crippen LogP contribution in [0.15, 0.2) is 60.7 Å². The van der Waals surface area contributed by atoms with E-state index in [4.69, 9.17) is 9.84 Å². The van der Waals surface area contributed by atoms with E-state index in [1.165, 1.54) is 5.56 Å². The third-order valence-electron chi connectivity index (χ3n) is 5.21. The lowest BCUT2D eigenvalue weighted by molar-refractivity contribution is -0.143. The van der Waals surface area contributed by atoms with Gasteiger partial charge in [-0.15, -0.1) is 12.4 Å². The molecule has 3 rings (SSSR count). The SMILES string of the molecule is Cl.O=C(O)C1CCN(CC=Cc2ccc(OCCCc3ccccc3)cc2)CC1. The molecule has 4 nitrogen and oxygen atoms in total. The topological polar surface area (TPSA) is 49.8 Å². The number of halogens is 1. The van der Waals surface area contributed by atoms with Crippen LogP contribution in [-0.2, 0) is 11.2 Å². The number of carbonyl (C=O) groups is 1. The van der Waals surface area contributed by atoms with Gasteiger partial charge in [0.1, 0.15) is 5.75 Å². The maximum Gasteiger partial charge on any atom is 0.306 e. The number of ether oxygens (including phenoxy) is 1. The van der Waals surface area contributed by atoms with Crippen LogP contribution in [0.2, 0.25) is 0 Å². The van der Waals surface area contributed by atoms with Gasteiger partial charge < -0.3 is 9.84 Å². The molecule has 0 aromatic heterocycles. The number of rotatable bonds is 9. The number of likely N-dealkylation sites (tertiary alicyclic amines) is 1. The van der Waals surface area contributed by atoms with E-state index in [2.05, 4.69) is 53.5 Å². The molecule has 1 heterocycles. The van der Waals surface area contributed by atoms with Gasteiger partial charge in [-0.25, -0.2) is 0 Å². The van der Waals surface area contributed by atoms with Crippen LogP contribution in [0.3, 0.4) is 0 Å². The molecule has 0 atom stereocenters. The fourth-order valence-electron chi connectivity index (χ4n) is 3.49. The van der Waals surface area contributed by atoms with Crippen molar-refractivity contribution >= 4 is 24.5 Å². The molecule has 2 aromatic rings. The first kappa shape index (κ1) is 23.0. The smallest absolute Gasteiger partial charge is 0.306 e. The van der Waals surface area contributed by atoms with Crippen LogP contribution in [0.25, 0.3) is 6.08 Å². The minimum Gasteiger partial charge on any atom is -0.494 e. The lowest BCUT2D eigenvalue weighted by Gasteiger charge is -2.28. The molecule has 0 spiro atoms. The predicted octanol–water partition coefficient (Wildman–Crippen LogP) is 4.93. The van der Waals surface area contributed by atoms with Crippen molar-refractivity contribution in [2.75, 3.05) is 26.2 Å². The van der Waals surface area contributed by atoms with Crippen molar-refractivity contribution in [3.63, 3.8) is 0 Å². The van der Waals surface area contributed by atoms with Crippen molar-refractivity contribution in [3.05, 3.63) is 71.8 Å². The lowest BCUT2D eigenvalue weighted by atomic mass is 9.97. The molecule has 0 saturated carbocycles. The molecule has 1 fully saturated rings. The van der Waals surface area contributed by atoms with Gasteiger partial charge in [0.25, 0.3) is 0 Å². The van der Waals surface area contributed by atoms with E-state index >= 15 is 0 Å². The molecule has 1 saturated heterocycles. The molecule has 1 N–H and O–H groups in total. The highest BCUT2D eigenvalue weighted by Gasteiger charge is 2.23. The molecule has 1 aliphatic rings. The first-order chi connectivity index (χ1) is 13.7. The number of aryl methyl sites for hydroxylation is 1. The lowest BCUT2D eigenvalue weighted by Crippen LogP contribution is -2.36. The third-order valence-corrected chi connectivity index (χ3v) is 5.21. The maximum atomic E-state index is 11.0. The Morgan fingerprint density at radius 2 is 1.76 bits per heavy atom. The highest BCUT2D eigenvalue weighted by molar-refractivity contribution is 5.85. The number of nitrogens with zero attached hydrogens (tertiary/aromatic N) is 1. The van der Waals surface area contributed by atoms with Crippen LogP contribution in [0, 0.1) is 5.92 Å². The minimum absolute atomic E-state index is 0. The normalized spacial score (nSPS) is 15.2. The summed E-state index contributed by atoms with van der Waals surface area (Å²) in [4.78, 5) is 13.3. The highest BCUT2D eigenvalue weighted by Crippen LogP contribution is 2.18. The zero-order valence-corrected chi connectivity index (χ0v) is 17.5. The molecule has 0 radical (unpaired) electrons. The third kappa shape index (κ3) is 7.92. The van der Waals surface area contributed by atoms with Crippen LogP contribution < -0.4 is 4.74 Å². The Morgan fingerprint density at radius 1 is 1.07 bits per heavy atom. The van der Waals surface area contributed by atoms with Crippen LogP contribution in [-0.4, -0.2) is 42.2 Å². The number of carboxylic acids is 1. The van der Waals surface area contributed by atoms with Crippen molar-refractivity contribution in [2.24, 2.45) is 5.92 Å². The molecular weight excluding hydrogens is 386 g/mol. The molecule has 0 unspecified atom stereocenters. The van der Waals surface area contributed by atoms with Crippen LogP contribution >= 0.6 is 12.4 Å². The fraction of sp³-hybridized carbons (Fsp3) is 0.375. The second-order valence-corrected chi connectivity index (χ2v) is 7.32. The van der Waals surface area contributed by atoms with Crippen molar-refractivity contribution < 1.29 is 14.6 Å². The number of carboxylic acid groups (broad SMARTS) is 1. The highest BCUT2D eigenvalue weighted by atomic mass is 35.5. The summed E-state index contributed by atoms with van der Waals surface area (Å²) >= 11 is 0. The molecule has 5 heteroatoms. The summed E-state index contributed by atoms with van der Waals surface area (Å²) in [6, 6.07) is 18.6. The first-order valence-electron chi connectivity index (χ1n) is 10.1. The van der Waals surface area contributed by atoms with Gasteiger partial charge in [0.2, 0.25) is 0 Å². The van der Waals surface area contributed by atoms with E-state index < -0.39 is 5.97 Å². The number of benzene rings is 2. The quantitative estimate of drug-likeness (QED) is 0.590. The van der Waals surface area contributed by atoms with Crippen LogP contribution in [0.1, 0.15) is 30.4 Å². The van der Waals surface area contributed by atoms with E-state index in [0.717, 1.165) is 63.2 Å². The van der Waals surface area contributed by atoms with E-state index in [1.54, 1.807) is 0 Å². The number of hydrogen-bond acceptors (Lipinski definition) is 3. The zero-order chi connectivity index (χ0) is 19.6. The van der Waals surface area contributed by atoms with Crippen molar-refractivity contribution in [3.8, 4) is 5.75 Å². The molecule has 0 aliphatic carbocycles. The Morgan fingerprint density at radius 3 is 2.41 bits per heavy atom. The summed E-state index contributed by atoms with van der Waals surface area (Å²) in [6.45, 7) is 3.30. The second-order valence-electron chi connectivity index (χ2n) is 7.32. The Kier molecular flexibility index (Phi) is 9.75.